The van der Waals surface area contributed by atoms with Crippen LogP contribution < -0.4 is 25.4 Å². The zero-order valence-electron chi connectivity index (χ0n) is 24.5. The molecule has 0 saturated carbocycles. The smallest absolute Gasteiger partial charge is 0.272 e. The summed E-state index contributed by atoms with van der Waals surface area (Å²) in [4.78, 5) is 39.7. The lowest BCUT2D eigenvalue weighted by atomic mass is 10.2. The van der Waals surface area contributed by atoms with Crippen LogP contribution in [-0.2, 0) is 16.1 Å². The molecule has 46 heavy (non-hydrogen) atoms. The van der Waals surface area contributed by atoms with Gasteiger partial charge in [-0.15, -0.1) is 11.8 Å². The van der Waals surface area contributed by atoms with Crippen LogP contribution >= 0.6 is 11.8 Å². The number of carbonyl (C=O) groups excluding carboxylic acids is 3. The molecular weight excluding hydrogens is 602 g/mol. The summed E-state index contributed by atoms with van der Waals surface area (Å²) in [5.41, 5.74) is 2.75. The van der Waals surface area contributed by atoms with Crippen LogP contribution in [0, 0.1) is 0 Å². The van der Waals surface area contributed by atoms with Gasteiger partial charge in [-0.05, 0) is 66.2 Å². The first kappa shape index (κ1) is 30.3. The van der Waals surface area contributed by atoms with E-state index in [9.17, 15) is 14.4 Å². The number of rotatable bonds is 11. The number of benzene rings is 4. The summed E-state index contributed by atoms with van der Waals surface area (Å²) in [6.07, 6.45) is 1.50. The third-order valence-electron chi connectivity index (χ3n) is 6.91. The Morgan fingerprint density at radius 2 is 1.52 bits per heavy atom. The summed E-state index contributed by atoms with van der Waals surface area (Å²) in [6.45, 7) is 0.580. The Bertz CT molecular complexity index is 1870. The maximum absolute atomic E-state index is 13.4. The molecule has 0 unspecified atom stereocenters. The first-order valence-electron chi connectivity index (χ1n) is 14.4. The van der Waals surface area contributed by atoms with Crippen molar-refractivity contribution in [2.75, 3.05) is 17.9 Å². The molecule has 0 atom stereocenters. The second-order valence-corrected chi connectivity index (χ2v) is 11.2. The number of hydrogen-bond donors (Lipinski definition) is 3. The molecular formula is C36H29N3O6S. The van der Waals surface area contributed by atoms with Gasteiger partial charge in [-0.25, -0.2) is 0 Å². The van der Waals surface area contributed by atoms with Crippen molar-refractivity contribution in [3.8, 4) is 22.8 Å². The molecule has 0 spiro atoms. The molecule has 9 nitrogen and oxygen atoms in total. The lowest BCUT2D eigenvalue weighted by Gasteiger charge is -2.11. The maximum atomic E-state index is 13.4. The topological polar surface area (TPSA) is 119 Å². The summed E-state index contributed by atoms with van der Waals surface area (Å²) in [5.74, 6) is 1.57. The predicted octanol–water partition coefficient (Wildman–Crippen LogP) is 6.49. The Morgan fingerprint density at radius 3 is 2.30 bits per heavy atom. The van der Waals surface area contributed by atoms with Gasteiger partial charge in [0.15, 0.2) is 11.5 Å². The lowest BCUT2D eigenvalue weighted by molar-refractivity contribution is -0.118. The predicted molar refractivity (Wildman–Crippen MR) is 176 cm³/mol. The van der Waals surface area contributed by atoms with Crippen molar-refractivity contribution in [1.29, 1.82) is 0 Å². The van der Waals surface area contributed by atoms with Crippen LogP contribution in [0.5, 0.6) is 11.5 Å². The lowest BCUT2D eigenvalue weighted by Crippen LogP contribution is -2.30. The van der Waals surface area contributed by atoms with Crippen molar-refractivity contribution >= 4 is 41.2 Å². The van der Waals surface area contributed by atoms with Crippen molar-refractivity contribution in [1.82, 2.24) is 10.6 Å². The molecule has 4 aromatic carbocycles. The van der Waals surface area contributed by atoms with Crippen LogP contribution in [-0.4, -0.2) is 30.3 Å². The van der Waals surface area contributed by atoms with Gasteiger partial charge in [0.2, 0.25) is 12.7 Å². The molecule has 1 aliphatic rings. The molecule has 1 aliphatic heterocycles. The fourth-order valence-electron chi connectivity index (χ4n) is 4.56. The van der Waals surface area contributed by atoms with Gasteiger partial charge in [0.05, 0.1) is 5.75 Å². The van der Waals surface area contributed by atoms with Crippen LogP contribution in [0.15, 0.2) is 130 Å². The average molecular weight is 632 g/mol. The normalized spacial score (nSPS) is 12.0. The van der Waals surface area contributed by atoms with Gasteiger partial charge in [-0.1, -0.05) is 54.6 Å². The monoisotopic (exact) mass is 631 g/mol. The van der Waals surface area contributed by atoms with Gasteiger partial charge >= 0.3 is 0 Å². The van der Waals surface area contributed by atoms with Gasteiger partial charge < -0.3 is 29.8 Å². The third-order valence-corrected chi connectivity index (χ3v) is 7.92. The molecule has 0 fully saturated rings. The summed E-state index contributed by atoms with van der Waals surface area (Å²) < 4.78 is 16.7. The van der Waals surface area contributed by atoms with Crippen molar-refractivity contribution in [3.63, 3.8) is 0 Å². The minimum atomic E-state index is -0.523. The molecule has 0 saturated heterocycles. The fraction of sp³-hybridized carbons (Fsp3) is 0.0833. The summed E-state index contributed by atoms with van der Waals surface area (Å²) >= 11 is 1.38. The van der Waals surface area contributed by atoms with Crippen LogP contribution in [0.25, 0.3) is 17.4 Å². The summed E-state index contributed by atoms with van der Waals surface area (Å²) in [5, 5.41) is 8.46. The van der Waals surface area contributed by atoms with E-state index < -0.39 is 11.8 Å². The Labute approximate surface area is 269 Å². The standard InChI is InChI=1S/C36H29N3O6S/c40-34(37-21-24-11-17-32-33(19-24)44-23-43-32)22-46-29-15-12-27(13-16-29)38-36(42)30(39-35(41)26-9-5-2-6-10-26)20-28-14-18-31(45-28)25-7-3-1-4-8-25/h1-20H,21-23H2,(H,37,40)(H,38,42)(H,39,41). The summed E-state index contributed by atoms with van der Waals surface area (Å²) in [6, 6.07) is 34.4. The summed E-state index contributed by atoms with van der Waals surface area (Å²) in [7, 11) is 0. The van der Waals surface area contributed by atoms with Crippen LogP contribution in [0.1, 0.15) is 21.7 Å². The first-order chi connectivity index (χ1) is 22.5. The SMILES string of the molecule is O=C(CSc1ccc(NC(=O)C(=Cc2ccc(-c3ccccc3)o2)NC(=O)c2ccccc2)cc1)NCc1ccc2c(c1)OCO2. The van der Waals surface area contributed by atoms with Crippen molar-refractivity contribution in [2.24, 2.45) is 0 Å². The maximum Gasteiger partial charge on any atom is 0.272 e. The third kappa shape index (κ3) is 7.85. The second-order valence-electron chi connectivity index (χ2n) is 10.2. The number of fused-ring (bicyclic) bond motifs is 1. The Morgan fingerprint density at radius 1 is 0.783 bits per heavy atom. The van der Waals surface area contributed by atoms with E-state index in [-0.39, 0.29) is 24.2 Å². The molecule has 0 radical (unpaired) electrons. The van der Waals surface area contributed by atoms with Crippen molar-refractivity contribution in [3.05, 3.63) is 138 Å². The van der Waals surface area contributed by atoms with E-state index in [1.165, 1.54) is 17.8 Å². The number of anilines is 1. The van der Waals surface area contributed by atoms with E-state index >= 15 is 0 Å². The van der Waals surface area contributed by atoms with Gasteiger partial charge in [0.25, 0.3) is 11.8 Å². The van der Waals surface area contributed by atoms with E-state index in [1.54, 1.807) is 42.5 Å². The van der Waals surface area contributed by atoms with Gasteiger partial charge in [0, 0.05) is 34.3 Å². The highest BCUT2D eigenvalue weighted by molar-refractivity contribution is 8.00. The molecule has 2 heterocycles. The van der Waals surface area contributed by atoms with Gasteiger partial charge in [-0.3, -0.25) is 14.4 Å². The number of carbonyl (C=O) groups is 3. The van der Waals surface area contributed by atoms with E-state index in [4.69, 9.17) is 13.9 Å². The number of nitrogens with one attached hydrogen (secondary N) is 3. The molecule has 1 aromatic heterocycles. The van der Waals surface area contributed by atoms with Gasteiger partial charge in [0.1, 0.15) is 17.2 Å². The molecule has 5 aromatic rings. The highest BCUT2D eigenvalue weighted by Crippen LogP contribution is 2.32. The Balaban J connectivity index is 1.07. The molecule has 6 rings (SSSR count). The van der Waals surface area contributed by atoms with E-state index in [2.05, 4.69) is 16.0 Å². The number of furan rings is 1. The molecule has 3 N–H and O–H groups in total. The molecule has 230 valence electrons. The zero-order valence-corrected chi connectivity index (χ0v) is 25.3. The Kier molecular flexibility index (Phi) is 9.46. The number of amides is 3. The number of ether oxygens (including phenoxy) is 2. The van der Waals surface area contributed by atoms with E-state index in [1.807, 2.05) is 72.8 Å². The molecule has 0 bridgehead atoms. The second kappa shape index (κ2) is 14.4. The van der Waals surface area contributed by atoms with Crippen LogP contribution in [0.3, 0.4) is 0 Å². The average Bonchev–Trinajstić information content (AvgIpc) is 3.77. The number of thioether (sulfide) groups is 1. The Hall–Kier alpha value is -5.74. The van der Waals surface area contributed by atoms with Crippen molar-refractivity contribution < 1.29 is 28.3 Å². The van der Waals surface area contributed by atoms with Crippen LogP contribution in [0.4, 0.5) is 5.69 Å². The minimum Gasteiger partial charge on any atom is -0.457 e. The zero-order chi connectivity index (χ0) is 31.7. The largest absolute Gasteiger partial charge is 0.457 e. The van der Waals surface area contributed by atoms with Crippen molar-refractivity contribution in [2.45, 2.75) is 11.4 Å². The molecule has 3 amide bonds. The first-order valence-corrected chi connectivity index (χ1v) is 15.4. The van der Waals surface area contributed by atoms with E-state index in [0.717, 1.165) is 16.0 Å². The molecule has 0 aliphatic carbocycles. The number of hydrogen-bond acceptors (Lipinski definition) is 7. The highest BCUT2D eigenvalue weighted by atomic mass is 32.2. The minimum absolute atomic E-state index is 0.0143. The van der Waals surface area contributed by atoms with Crippen LogP contribution in [0.2, 0.25) is 0 Å². The van der Waals surface area contributed by atoms with Gasteiger partial charge in [-0.2, -0.15) is 0 Å². The fourth-order valence-corrected chi connectivity index (χ4v) is 5.29. The van der Waals surface area contributed by atoms with E-state index in [0.29, 0.717) is 40.8 Å². The highest BCUT2D eigenvalue weighted by Gasteiger charge is 2.17. The quantitative estimate of drug-likeness (QED) is 0.113. The molecule has 10 heteroatoms.